The van der Waals surface area contributed by atoms with Gasteiger partial charge in [-0.05, 0) is 49.0 Å². The standard InChI is InChI=1S/C16H16F2N2OS/c1-10(11-6-7-14(17)15(18)8-11)19-16(22)20-12-4-3-5-13(9-12)21-2/h3-10H,1-2H3,(H2,19,20,22)/t10-/m1/s1. The normalized spacial score (nSPS) is 11.6. The fourth-order valence-electron chi connectivity index (χ4n) is 1.93. The van der Waals surface area contributed by atoms with Crippen LogP contribution in [0.3, 0.4) is 0 Å². The first-order chi connectivity index (χ1) is 10.5. The van der Waals surface area contributed by atoms with E-state index in [-0.39, 0.29) is 6.04 Å². The lowest BCUT2D eigenvalue weighted by molar-refractivity contribution is 0.415. The molecule has 0 saturated carbocycles. The molecule has 6 heteroatoms. The monoisotopic (exact) mass is 322 g/mol. The van der Waals surface area contributed by atoms with Crippen LogP contribution in [0.4, 0.5) is 14.5 Å². The maximum Gasteiger partial charge on any atom is 0.171 e. The largest absolute Gasteiger partial charge is 0.497 e. The molecule has 0 spiro atoms. The summed E-state index contributed by atoms with van der Waals surface area (Å²) in [4.78, 5) is 0. The summed E-state index contributed by atoms with van der Waals surface area (Å²) in [5, 5.41) is 6.42. The third-order valence-corrected chi connectivity index (χ3v) is 3.34. The molecule has 22 heavy (non-hydrogen) atoms. The predicted molar refractivity (Wildman–Crippen MR) is 87.1 cm³/mol. The Labute approximate surface area is 133 Å². The van der Waals surface area contributed by atoms with Crippen molar-refractivity contribution in [2.45, 2.75) is 13.0 Å². The van der Waals surface area contributed by atoms with Gasteiger partial charge in [-0.1, -0.05) is 12.1 Å². The van der Waals surface area contributed by atoms with Crippen molar-refractivity contribution in [3.8, 4) is 5.75 Å². The Morgan fingerprint density at radius 1 is 1.14 bits per heavy atom. The smallest absolute Gasteiger partial charge is 0.171 e. The van der Waals surface area contributed by atoms with Gasteiger partial charge in [-0.15, -0.1) is 0 Å². The molecule has 0 aliphatic rings. The lowest BCUT2D eigenvalue weighted by Gasteiger charge is -2.17. The second-order valence-electron chi connectivity index (χ2n) is 4.73. The van der Waals surface area contributed by atoms with Gasteiger partial charge in [0.15, 0.2) is 16.7 Å². The molecule has 0 aliphatic carbocycles. The van der Waals surface area contributed by atoms with Crippen LogP contribution in [0.5, 0.6) is 5.75 Å². The highest BCUT2D eigenvalue weighted by molar-refractivity contribution is 7.80. The van der Waals surface area contributed by atoms with E-state index in [4.69, 9.17) is 17.0 Å². The summed E-state index contributed by atoms with van der Waals surface area (Å²) in [6, 6.07) is 10.8. The molecule has 2 N–H and O–H groups in total. The highest BCUT2D eigenvalue weighted by atomic mass is 32.1. The summed E-state index contributed by atoms with van der Waals surface area (Å²) >= 11 is 5.22. The third kappa shape index (κ3) is 4.14. The highest BCUT2D eigenvalue weighted by Crippen LogP contribution is 2.18. The van der Waals surface area contributed by atoms with Gasteiger partial charge >= 0.3 is 0 Å². The minimum atomic E-state index is -0.877. The van der Waals surface area contributed by atoms with E-state index >= 15 is 0 Å². The Hall–Kier alpha value is -2.21. The molecule has 0 radical (unpaired) electrons. The molecule has 2 rings (SSSR count). The second kappa shape index (κ2) is 7.17. The summed E-state index contributed by atoms with van der Waals surface area (Å²) in [6.45, 7) is 1.81. The Morgan fingerprint density at radius 3 is 2.59 bits per heavy atom. The SMILES string of the molecule is COc1cccc(NC(=S)N[C@H](C)c2ccc(F)c(F)c2)c1. The van der Waals surface area contributed by atoms with E-state index < -0.39 is 11.6 Å². The van der Waals surface area contributed by atoms with Gasteiger partial charge in [0.05, 0.1) is 13.2 Å². The van der Waals surface area contributed by atoms with E-state index in [1.54, 1.807) is 13.2 Å². The van der Waals surface area contributed by atoms with Crippen molar-refractivity contribution < 1.29 is 13.5 Å². The van der Waals surface area contributed by atoms with Crippen LogP contribution in [0.2, 0.25) is 0 Å². The summed E-state index contributed by atoms with van der Waals surface area (Å²) < 4.78 is 31.3. The van der Waals surface area contributed by atoms with Crippen LogP contribution in [-0.2, 0) is 0 Å². The van der Waals surface area contributed by atoms with Crippen LogP contribution in [0.25, 0.3) is 0 Å². The number of hydrogen-bond acceptors (Lipinski definition) is 2. The maximum atomic E-state index is 13.2. The lowest BCUT2D eigenvalue weighted by atomic mass is 10.1. The van der Waals surface area contributed by atoms with E-state index in [1.807, 2.05) is 25.1 Å². The molecule has 1 atom stereocenters. The molecular weight excluding hydrogens is 306 g/mol. The molecule has 0 aromatic heterocycles. The quantitative estimate of drug-likeness (QED) is 0.833. The molecule has 3 nitrogen and oxygen atoms in total. The van der Waals surface area contributed by atoms with Gasteiger partial charge in [0.2, 0.25) is 0 Å². The number of rotatable bonds is 4. The molecule has 0 fully saturated rings. The fraction of sp³-hybridized carbons (Fsp3) is 0.188. The molecule has 2 aromatic rings. The molecule has 0 saturated heterocycles. The molecule has 0 aliphatic heterocycles. The number of thiocarbonyl (C=S) groups is 1. The fourth-order valence-corrected chi connectivity index (χ4v) is 2.22. The average Bonchev–Trinajstić information content (AvgIpc) is 2.50. The van der Waals surface area contributed by atoms with Gasteiger partial charge in [-0.25, -0.2) is 8.78 Å². The van der Waals surface area contributed by atoms with Gasteiger partial charge in [-0.2, -0.15) is 0 Å². The number of halogens is 2. The van der Waals surface area contributed by atoms with Gasteiger partial charge in [0.1, 0.15) is 5.75 Å². The van der Waals surface area contributed by atoms with Crippen molar-refractivity contribution in [3.05, 3.63) is 59.7 Å². The van der Waals surface area contributed by atoms with Crippen LogP contribution < -0.4 is 15.4 Å². The number of anilines is 1. The van der Waals surface area contributed by atoms with Crippen LogP contribution in [0.15, 0.2) is 42.5 Å². The van der Waals surface area contributed by atoms with Crippen molar-refractivity contribution in [1.29, 1.82) is 0 Å². The zero-order valence-electron chi connectivity index (χ0n) is 12.2. The molecular formula is C16H16F2N2OS. The van der Waals surface area contributed by atoms with Gasteiger partial charge in [0, 0.05) is 11.8 Å². The van der Waals surface area contributed by atoms with Crippen molar-refractivity contribution in [1.82, 2.24) is 5.32 Å². The zero-order valence-corrected chi connectivity index (χ0v) is 13.0. The van der Waals surface area contributed by atoms with Gasteiger partial charge in [-0.3, -0.25) is 0 Å². The van der Waals surface area contributed by atoms with Crippen LogP contribution in [0, 0.1) is 11.6 Å². The molecule has 116 valence electrons. The van der Waals surface area contributed by atoms with E-state index in [9.17, 15) is 8.78 Å². The summed E-state index contributed by atoms with van der Waals surface area (Å²) in [5.41, 5.74) is 1.38. The van der Waals surface area contributed by atoms with Crippen LogP contribution in [0.1, 0.15) is 18.5 Å². The number of ether oxygens (including phenoxy) is 1. The summed E-state index contributed by atoms with van der Waals surface area (Å²) in [6.07, 6.45) is 0. The zero-order chi connectivity index (χ0) is 16.1. The van der Waals surface area contributed by atoms with Gasteiger partial charge < -0.3 is 15.4 Å². The number of nitrogens with one attached hydrogen (secondary N) is 2. The first kappa shape index (κ1) is 16.2. The van der Waals surface area contributed by atoms with E-state index in [2.05, 4.69) is 10.6 Å². The lowest BCUT2D eigenvalue weighted by Crippen LogP contribution is -2.30. The van der Waals surface area contributed by atoms with E-state index in [0.717, 1.165) is 17.8 Å². The predicted octanol–water partition coefficient (Wildman–Crippen LogP) is 4.02. The molecule has 2 aromatic carbocycles. The molecule has 0 amide bonds. The van der Waals surface area contributed by atoms with E-state index in [0.29, 0.717) is 16.4 Å². The van der Waals surface area contributed by atoms with E-state index in [1.165, 1.54) is 6.07 Å². The first-order valence-corrected chi connectivity index (χ1v) is 7.07. The van der Waals surface area contributed by atoms with Crippen molar-refractivity contribution in [2.75, 3.05) is 12.4 Å². The number of methoxy groups -OCH3 is 1. The molecule has 0 bridgehead atoms. The minimum Gasteiger partial charge on any atom is -0.497 e. The third-order valence-electron chi connectivity index (χ3n) is 3.12. The van der Waals surface area contributed by atoms with Gasteiger partial charge in [0.25, 0.3) is 0 Å². The Kier molecular flexibility index (Phi) is 5.27. The second-order valence-corrected chi connectivity index (χ2v) is 5.13. The first-order valence-electron chi connectivity index (χ1n) is 6.66. The van der Waals surface area contributed by atoms with Crippen molar-refractivity contribution in [3.63, 3.8) is 0 Å². The highest BCUT2D eigenvalue weighted by Gasteiger charge is 2.10. The maximum absolute atomic E-state index is 13.2. The summed E-state index contributed by atoms with van der Waals surface area (Å²) in [5.74, 6) is -1.03. The Bertz CT molecular complexity index is 679. The number of benzene rings is 2. The van der Waals surface area contributed by atoms with Crippen molar-refractivity contribution >= 4 is 23.0 Å². The minimum absolute atomic E-state index is 0.263. The summed E-state index contributed by atoms with van der Waals surface area (Å²) in [7, 11) is 1.58. The molecule has 0 heterocycles. The number of hydrogen-bond donors (Lipinski definition) is 2. The van der Waals surface area contributed by atoms with Crippen LogP contribution in [-0.4, -0.2) is 12.2 Å². The Balaban J connectivity index is 2.00. The van der Waals surface area contributed by atoms with Crippen molar-refractivity contribution in [2.24, 2.45) is 0 Å². The Morgan fingerprint density at radius 2 is 1.91 bits per heavy atom. The molecule has 0 unspecified atom stereocenters. The average molecular weight is 322 g/mol. The van der Waals surface area contributed by atoms with Crippen LogP contribution >= 0.6 is 12.2 Å². The topological polar surface area (TPSA) is 33.3 Å².